The third-order valence-electron chi connectivity index (χ3n) is 0.328. The van der Waals surface area contributed by atoms with E-state index in [-0.39, 0.29) is 13.8 Å². The maximum Gasteiger partial charge on any atom is 0.156 e. The first kappa shape index (κ1) is 10.3. The van der Waals surface area contributed by atoms with Crippen LogP contribution in [0.25, 0.3) is 0 Å². The van der Waals surface area contributed by atoms with Crippen LogP contribution in [-0.4, -0.2) is 12.4 Å². The van der Waals surface area contributed by atoms with Crippen molar-refractivity contribution in [2.45, 2.75) is 13.8 Å². The molecule has 0 aromatic rings. The molecule has 0 amide bonds. The molecule has 0 saturated carbocycles. The number of nitrogens with one attached hydrogen (secondary N) is 2. The van der Waals surface area contributed by atoms with Gasteiger partial charge in [0, 0.05) is 1.43 Å². The molecule has 50 valence electrons. The molecule has 4 nitrogen and oxygen atoms in total. The lowest BCUT2D eigenvalue weighted by Gasteiger charge is -1.79. The predicted octanol–water partition coefficient (Wildman–Crippen LogP) is 1.23. The van der Waals surface area contributed by atoms with E-state index in [2.05, 4.69) is 5.11 Å². The molecule has 0 aliphatic carbocycles. The van der Waals surface area contributed by atoms with Gasteiger partial charge in [0.2, 0.25) is 0 Å². The average Bonchev–Trinajstić information content (AvgIpc) is 1.91. The molecule has 4 heteroatoms. The van der Waals surface area contributed by atoms with E-state index in [1.807, 2.05) is 13.8 Å². The van der Waals surface area contributed by atoms with Crippen molar-refractivity contribution in [3.05, 3.63) is 0 Å². The Balaban J connectivity index is -0.000000109. The predicted molar refractivity (Wildman–Crippen MR) is 35.4 cm³/mol. The molecule has 8 heavy (non-hydrogen) atoms. The number of amidine groups is 1. The third-order valence-corrected chi connectivity index (χ3v) is 0.328. The molecule has 0 aromatic carbocycles. The standard InChI is InChI=1S/C2H6N4.C2H6.H2/c3-1-2(4)6-5;1-2;/h4-5H,1,3H2;1-2H3;1H. The van der Waals surface area contributed by atoms with Crippen LogP contribution in [0, 0.1) is 10.9 Å². The highest BCUT2D eigenvalue weighted by atomic mass is 15.0. The van der Waals surface area contributed by atoms with Gasteiger partial charge < -0.3 is 5.73 Å². The molecule has 0 saturated heterocycles. The van der Waals surface area contributed by atoms with Crippen LogP contribution < -0.4 is 5.73 Å². The molecule has 0 radical (unpaired) electrons. The molecule has 0 spiro atoms. The molecule has 0 heterocycles. The molecule has 0 fully saturated rings. The normalized spacial score (nSPS) is 6.38. The zero-order valence-electron chi connectivity index (χ0n) is 5.23. The summed E-state index contributed by atoms with van der Waals surface area (Å²) in [5, 5.41) is 9.22. The van der Waals surface area contributed by atoms with Crippen molar-refractivity contribution in [2.24, 2.45) is 10.8 Å². The first-order valence-electron chi connectivity index (χ1n) is 2.46. The van der Waals surface area contributed by atoms with Gasteiger partial charge >= 0.3 is 0 Å². The minimum Gasteiger partial charge on any atom is -0.324 e. The van der Waals surface area contributed by atoms with Gasteiger partial charge in [-0.25, -0.2) is 5.53 Å². The molecule has 0 aliphatic heterocycles. The van der Waals surface area contributed by atoms with Crippen LogP contribution >= 0.6 is 0 Å². The van der Waals surface area contributed by atoms with E-state index in [9.17, 15) is 0 Å². The Labute approximate surface area is 50.6 Å². The van der Waals surface area contributed by atoms with Gasteiger partial charge in [0.25, 0.3) is 0 Å². The molecule has 0 bridgehead atoms. The highest BCUT2D eigenvalue weighted by molar-refractivity contribution is 5.80. The number of nitrogens with zero attached hydrogens (tertiary/aromatic N) is 1. The van der Waals surface area contributed by atoms with Crippen LogP contribution in [0.4, 0.5) is 0 Å². The number of rotatable bonds is 1. The van der Waals surface area contributed by atoms with Gasteiger partial charge in [0.05, 0.1) is 6.54 Å². The Morgan fingerprint density at radius 3 is 2.12 bits per heavy atom. The average molecular weight is 118 g/mol. The topological polar surface area (TPSA) is 86.1 Å². The van der Waals surface area contributed by atoms with Gasteiger partial charge in [0.15, 0.2) is 5.84 Å². The molecule has 0 unspecified atom stereocenters. The summed E-state index contributed by atoms with van der Waals surface area (Å²) in [6, 6.07) is 0. The van der Waals surface area contributed by atoms with Gasteiger partial charge in [-0.2, -0.15) is 0 Å². The number of hydrogen-bond acceptors (Lipinski definition) is 3. The van der Waals surface area contributed by atoms with Crippen LogP contribution in [0.3, 0.4) is 0 Å². The Morgan fingerprint density at radius 2 is 2.12 bits per heavy atom. The van der Waals surface area contributed by atoms with Crippen LogP contribution in [0.15, 0.2) is 5.11 Å². The minimum absolute atomic E-state index is 0. The van der Waals surface area contributed by atoms with Gasteiger partial charge in [-0.1, -0.05) is 13.8 Å². The smallest absolute Gasteiger partial charge is 0.156 e. The fourth-order valence-electron chi connectivity index (χ4n) is 0.0456. The molecule has 0 atom stereocenters. The summed E-state index contributed by atoms with van der Waals surface area (Å²) in [4.78, 5) is 0. The van der Waals surface area contributed by atoms with E-state index in [1.54, 1.807) is 0 Å². The lowest BCUT2D eigenvalue weighted by molar-refractivity contribution is 1.11. The summed E-state index contributed by atoms with van der Waals surface area (Å²) in [6.07, 6.45) is 0. The summed E-state index contributed by atoms with van der Waals surface area (Å²) in [5.41, 5.74) is 11.0. The van der Waals surface area contributed by atoms with Crippen LogP contribution in [0.2, 0.25) is 0 Å². The van der Waals surface area contributed by atoms with E-state index >= 15 is 0 Å². The summed E-state index contributed by atoms with van der Waals surface area (Å²) >= 11 is 0. The van der Waals surface area contributed by atoms with Crippen molar-refractivity contribution in [2.75, 3.05) is 6.54 Å². The van der Waals surface area contributed by atoms with Gasteiger partial charge in [-0.3, -0.25) is 5.41 Å². The first-order chi connectivity index (χ1) is 3.81. The second kappa shape index (κ2) is 9.52. The molecule has 0 rings (SSSR count). The van der Waals surface area contributed by atoms with Gasteiger partial charge in [0.1, 0.15) is 0 Å². The van der Waals surface area contributed by atoms with Crippen molar-refractivity contribution in [3.63, 3.8) is 0 Å². The van der Waals surface area contributed by atoms with Crippen molar-refractivity contribution in [3.8, 4) is 0 Å². The zero-order valence-corrected chi connectivity index (χ0v) is 5.23. The lowest BCUT2D eigenvalue weighted by atomic mass is 10.6. The van der Waals surface area contributed by atoms with Crippen LogP contribution in [0.5, 0.6) is 0 Å². The quantitative estimate of drug-likeness (QED) is 0.270. The minimum atomic E-state index is -0.0880. The SMILES string of the molecule is CC.N=NC(=N)CN.[HH]. The second-order valence-electron chi connectivity index (χ2n) is 0.763. The van der Waals surface area contributed by atoms with Gasteiger partial charge in [-0.15, -0.1) is 5.11 Å². The van der Waals surface area contributed by atoms with Crippen molar-refractivity contribution in [1.82, 2.24) is 0 Å². The van der Waals surface area contributed by atoms with Crippen LogP contribution in [-0.2, 0) is 0 Å². The molecule has 0 aromatic heterocycles. The van der Waals surface area contributed by atoms with E-state index in [4.69, 9.17) is 16.7 Å². The highest BCUT2D eigenvalue weighted by Gasteiger charge is 1.79. The zero-order chi connectivity index (χ0) is 6.99. The first-order valence-corrected chi connectivity index (χ1v) is 2.46. The number of hydrogen-bond donors (Lipinski definition) is 3. The monoisotopic (exact) mass is 118 g/mol. The molecule has 0 aliphatic rings. The summed E-state index contributed by atoms with van der Waals surface area (Å²) in [7, 11) is 0. The molecular weight excluding hydrogens is 104 g/mol. The second-order valence-corrected chi connectivity index (χ2v) is 0.763. The highest BCUT2D eigenvalue weighted by Crippen LogP contribution is 1.63. The largest absolute Gasteiger partial charge is 0.324 e. The third kappa shape index (κ3) is 8.97. The van der Waals surface area contributed by atoms with E-state index < -0.39 is 0 Å². The Bertz CT molecular complexity index is 73.0. The van der Waals surface area contributed by atoms with Gasteiger partial charge in [-0.05, 0) is 0 Å². The van der Waals surface area contributed by atoms with E-state index in [0.717, 1.165) is 0 Å². The molecular formula is C4H14N4. The van der Waals surface area contributed by atoms with E-state index in [0.29, 0.717) is 0 Å². The maximum atomic E-state index is 6.51. The summed E-state index contributed by atoms with van der Waals surface area (Å²) in [5.74, 6) is -0.0880. The molecule has 4 N–H and O–H groups in total. The summed E-state index contributed by atoms with van der Waals surface area (Å²) < 4.78 is 0. The Kier molecular flexibility index (Phi) is 12.2. The maximum absolute atomic E-state index is 6.51. The van der Waals surface area contributed by atoms with Crippen molar-refractivity contribution >= 4 is 5.84 Å². The Morgan fingerprint density at radius 1 is 1.75 bits per heavy atom. The fourth-order valence-corrected chi connectivity index (χ4v) is 0.0456. The Hall–Kier alpha value is -0.770. The number of nitrogens with two attached hydrogens (primary N) is 1. The summed E-state index contributed by atoms with van der Waals surface area (Å²) in [6.45, 7) is 4.06. The van der Waals surface area contributed by atoms with Crippen molar-refractivity contribution in [1.29, 1.82) is 10.9 Å². The lowest BCUT2D eigenvalue weighted by Crippen LogP contribution is -2.08. The van der Waals surface area contributed by atoms with E-state index in [1.165, 1.54) is 0 Å². The fraction of sp³-hybridized carbons (Fsp3) is 0.750. The van der Waals surface area contributed by atoms with Crippen LogP contribution in [0.1, 0.15) is 15.3 Å². The van der Waals surface area contributed by atoms with Crippen molar-refractivity contribution < 1.29 is 1.43 Å².